The summed E-state index contributed by atoms with van der Waals surface area (Å²) in [6.45, 7) is 1.72. The van der Waals surface area contributed by atoms with Gasteiger partial charge in [-0.2, -0.15) is 0 Å². The van der Waals surface area contributed by atoms with Crippen LogP contribution in [0.15, 0.2) is 48.5 Å². The predicted molar refractivity (Wildman–Crippen MR) is 85.5 cm³/mol. The SMILES string of the molecule is COc1cccc(C(O)C(=O)N(C)C(C)c2ccccc2F)c1. The summed E-state index contributed by atoms with van der Waals surface area (Å²) >= 11 is 0. The van der Waals surface area contributed by atoms with Crippen LogP contribution in [-0.2, 0) is 4.79 Å². The minimum atomic E-state index is -1.33. The fourth-order valence-corrected chi connectivity index (χ4v) is 2.36. The number of carbonyl (C=O) groups is 1. The molecule has 2 unspecified atom stereocenters. The third kappa shape index (κ3) is 3.68. The fraction of sp³-hybridized carbons (Fsp3) is 0.278. The van der Waals surface area contributed by atoms with Crippen LogP contribution in [0.2, 0.25) is 0 Å². The van der Waals surface area contributed by atoms with Gasteiger partial charge in [0.1, 0.15) is 11.6 Å². The molecule has 0 saturated heterocycles. The highest BCUT2D eigenvalue weighted by molar-refractivity contribution is 5.82. The Hall–Kier alpha value is -2.40. The topological polar surface area (TPSA) is 49.8 Å². The van der Waals surface area contributed by atoms with Gasteiger partial charge in [-0.25, -0.2) is 4.39 Å². The lowest BCUT2D eigenvalue weighted by Gasteiger charge is -2.28. The summed E-state index contributed by atoms with van der Waals surface area (Å²) in [4.78, 5) is 13.8. The highest BCUT2D eigenvalue weighted by Gasteiger charge is 2.26. The number of aliphatic hydroxyl groups is 1. The fourth-order valence-electron chi connectivity index (χ4n) is 2.36. The van der Waals surface area contributed by atoms with E-state index in [-0.39, 0.29) is 5.82 Å². The van der Waals surface area contributed by atoms with E-state index >= 15 is 0 Å². The molecule has 1 N–H and O–H groups in total. The van der Waals surface area contributed by atoms with E-state index in [1.54, 1.807) is 56.4 Å². The second-order valence-electron chi connectivity index (χ2n) is 5.33. The summed E-state index contributed by atoms with van der Waals surface area (Å²) in [6.07, 6.45) is -1.33. The van der Waals surface area contributed by atoms with Crippen LogP contribution in [0.5, 0.6) is 5.75 Å². The zero-order valence-electron chi connectivity index (χ0n) is 13.4. The molecule has 0 fully saturated rings. The molecule has 0 aromatic heterocycles. The van der Waals surface area contributed by atoms with Gasteiger partial charge in [0.15, 0.2) is 6.10 Å². The van der Waals surface area contributed by atoms with Crippen molar-refractivity contribution in [3.63, 3.8) is 0 Å². The molecule has 0 aliphatic carbocycles. The molecule has 122 valence electrons. The first-order chi connectivity index (χ1) is 11.0. The molecule has 2 aromatic rings. The number of nitrogens with zero attached hydrogens (tertiary/aromatic N) is 1. The highest BCUT2D eigenvalue weighted by atomic mass is 19.1. The minimum absolute atomic E-state index is 0.379. The minimum Gasteiger partial charge on any atom is -0.497 e. The Morgan fingerprint density at radius 1 is 1.22 bits per heavy atom. The number of benzene rings is 2. The van der Waals surface area contributed by atoms with Crippen molar-refractivity contribution in [2.75, 3.05) is 14.2 Å². The quantitative estimate of drug-likeness (QED) is 0.922. The Balaban J connectivity index is 2.19. The zero-order chi connectivity index (χ0) is 17.0. The van der Waals surface area contributed by atoms with Crippen molar-refractivity contribution in [1.82, 2.24) is 4.90 Å². The number of methoxy groups -OCH3 is 1. The number of hydrogen-bond acceptors (Lipinski definition) is 3. The summed E-state index contributed by atoms with van der Waals surface area (Å²) < 4.78 is 19.0. The molecule has 0 radical (unpaired) electrons. The lowest BCUT2D eigenvalue weighted by atomic mass is 10.0. The maximum absolute atomic E-state index is 13.9. The van der Waals surface area contributed by atoms with Crippen LogP contribution in [0.25, 0.3) is 0 Å². The van der Waals surface area contributed by atoms with Crippen molar-refractivity contribution in [2.45, 2.75) is 19.1 Å². The van der Waals surface area contributed by atoms with Crippen LogP contribution in [0.1, 0.15) is 30.2 Å². The van der Waals surface area contributed by atoms with Gasteiger partial charge in [0, 0.05) is 12.6 Å². The molecule has 2 aromatic carbocycles. The van der Waals surface area contributed by atoms with Crippen molar-refractivity contribution in [3.8, 4) is 5.75 Å². The number of aliphatic hydroxyl groups excluding tert-OH is 1. The van der Waals surface area contributed by atoms with Gasteiger partial charge >= 0.3 is 0 Å². The van der Waals surface area contributed by atoms with Gasteiger partial charge in [0.05, 0.1) is 13.2 Å². The van der Waals surface area contributed by atoms with Crippen molar-refractivity contribution in [3.05, 3.63) is 65.5 Å². The van der Waals surface area contributed by atoms with E-state index in [4.69, 9.17) is 4.74 Å². The molecule has 1 amide bonds. The molecule has 0 saturated carbocycles. The number of rotatable bonds is 5. The second-order valence-corrected chi connectivity index (χ2v) is 5.33. The molecule has 2 rings (SSSR count). The van der Waals surface area contributed by atoms with Gasteiger partial charge in [-0.1, -0.05) is 30.3 Å². The third-order valence-electron chi connectivity index (χ3n) is 3.93. The largest absolute Gasteiger partial charge is 0.497 e. The van der Waals surface area contributed by atoms with Crippen LogP contribution < -0.4 is 4.74 Å². The molecule has 4 nitrogen and oxygen atoms in total. The third-order valence-corrected chi connectivity index (χ3v) is 3.93. The van der Waals surface area contributed by atoms with E-state index in [2.05, 4.69) is 0 Å². The number of likely N-dealkylation sites (N-methyl/N-ethyl adjacent to an activating group) is 1. The Bertz CT molecular complexity index is 689. The van der Waals surface area contributed by atoms with Gasteiger partial charge in [-0.15, -0.1) is 0 Å². The summed E-state index contributed by atoms with van der Waals surface area (Å²) in [6, 6.07) is 12.5. The Morgan fingerprint density at radius 3 is 2.57 bits per heavy atom. The molecular formula is C18H20FNO3. The number of halogens is 1. The lowest BCUT2D eigenvalue weighted by Crippen LogP contribution is -2.34. The maximum atomic E-state index is 13.9. The standard InChI is InChI=1S/C18H20FNO3/c1-12(15-9-4-5-10-16(15)19)20(2)18(22)17(21)13-7-6-8-14(11-13)23-3/h4-12,17,21H,1-3H3. The molecular weight excluding hydrogens is 297 g/mol. The van der Waals surface area contributed by atoms with Crippen LogP contribution in [-0.4, -0.2) is 30.1 Å². The molecule has 0 spiro atoms. The first kappa shape index (κ1) is 17.0. The van der Waals surface area contributed by atoms with Gasteiger partial charge in [-0.3, -0.25) is 4.79 Å². The van der Waals surface area contributed by atoms with E-state index in [0.29, 0.717) is 16.9 Å². The van der Waals surface area contributed by atoms with E-state index < -0.39 is 18.1 Å². The van der Waals surface area contributed by atoms with Crippen LogP contribution in [0.4, 0.5) is 4.39 Å². The molecule has 0 aliphatic heterocycles. The number of amides is 1. The Kier molecular flexibility index (Phi) is 5.34. The summed E-state index contributed by atoms with van der Waals surface area (Å²) in [5, 5.41) is 10.3. The maximum Gasteiger partial charge on any atom is 0.256 e. The predicted octanol–water partition coefficient (Wildman–Crippen LogP) is 3.09. The molecule has 23 heavy (non-hydrogen) atoms. The number of ether oxygens (including phenoxy) is 1. The first-order valence-electron chi connectivity index (χ1n) is 7.28. The van der Waals surface area contributed by atoms with Gasteiger partial charge < -0.3 is 14.7 Å². The van der Waals surface area contributed by atoms with Crippen molar-refractivity contribution < 1.29 is 19.0 Å². The highest BCUT2D eigenvalue weighted by Crippen LogP contribution is 2.26. The smallest absolute Gasteiger partial charge is 0.256 e. The van der Waals surface area contributed by atoms with E-state index in [0.717, 1.165) is 0 Å². The summed E-state index contributed by atoms with van der Waals surface area (Å²) in [5.41, 5.74) is 0.836. The van der Waals surface area contributed by atoms with Gasteiger partial charge in [0.2, 0.25) is 0 Å². The Morgan fingerprint density at radius 2 is 1.91 bits per heavy atom. The Labute approximate surface area is 135 Å². The second kappa shape index (κ2) is 7.24. The first-order valence-corrected chi connectivity index (χ1v) is 7.28. The summed E-state index contributed by atoms with van der Waals surface area (Å²) in [7, 11) is 3.06. The molecule has 5 heteroatoms. The van der Waals surface area contributed by atoms with E-state index in [9.17, 15) is 14.3 Å². The normalized spacial score (nSPS) is 13.3. The van der Waals surface area contributed by atoms with Crippen LogP contribution in [0.3, 0.4) is 0 Å². The monoisotopic (exact) mass is 317 g/mol. The van der Waals surface area contributed by atoms with Crippen LogP contribution in [0, 0.1) is 5.82 Å². The number of carbonyl (C=O) groups excluding carboxylic acids is 1. The summed E-state index contributed by atoms with van der Waals surface area (Å²) in [5.74, 6) is -0.330. The van der Waals surface area contributed by atoms with E-state index in [1.165, 1.54) is 18.1 Å². The zero-order valence-corrected chi connectivity index (χ0v) is 13.4. The molecule has 0 heterocycles. The molecule has 0 bridgehead atoms. The van der Waals surface area contributed by atoms with E-state index in [1.807, 2.05) is 0 Å². The van der Waals surface area contributed by atoms with Gasteiger partial charge in [-0.05, 0) is 30.7 Å². The van der Waals surface area contributed by atoms with Gasteiger partial charge in [0.25, 0.3) is 5.91 Å². The average Bonchev–Trinajstić information content (AvgIpc) is 2.59. The molecule has 2 atom stereocenters. The van der Waals surface area contributed by atoms with Crippen molar-refractivity contribution >= 4 is 5.91 Å². The molecule has 0 aliphatic rings. The average molecular weight is 317 g/mol. The number of hydrogen-bond donors (Lipinski definition) is 1. The lowest BCUT2D eigenvalue weighted by molar-refractivity contribution is -0.141. The van der Waals surface area contributed by atoms with Crippen molar-refractivity contribution in [1.29, 1.82) is 0 Å². The van der Waals surface area contributed by atoms with Crippen LogP contribution >= 0.6 is 0 Å². The van der Waals surface area contributed by atoms with Crippen molar-refractivity contribution in [2.24, 2.45) is 0 Å².